The summed E-state index contributed by atoms with van der Waals surface area (Å²) >= 11 is 0. The van der Waals surface area contributed by atoms with Crippen LogP contribution in [-0.2, 0) is 7.05 Å². The highest BCUT2D eigenvalue weighted by atomic mass is 16.5. The monoisotopic (exact) mass is 357 g/mol. The number of carbonyl (C=O) groups is 1. The number of aromatic nitrogens is 4. The van der Waals surface area contributed by atoms with E-state index in [9.17, 15) is 4.79 Å². The molecular formula is C17H19N5O4. The summed E-state index contributed by atoms with van der Waals surface area (Å²) < 4.78 is 18.1. The van der Waals surface area contributed by atoms with Gasteiger partial charge in [-0.05, 0) is 38.1 Å². The number of benzene rings is 1. The van der Waals surface area contributed by atoms with E-state index in [2.05, 4.69) is 20.6 Å². The fourth-order valence-electron chi connectivity index (χ4n) is 2.32. The minimum absolute atomic E-state index is 0.00181. The molecule has 3 aromatic rings. The van der Waals surface area contributed by atoms with Crippen molar-refractivity contribution >= 4 is 11.9 Å². The fourth-order valence-corrected chi connectivity index (χ4v) is 2.32. The number of nitrogens with zero attached hydrogens (tertiary/aromatic N) is 4. The zero-order valence-corrected chi connectivity index (χ0v) is 14.7. The molecule has 0 bridgehead atoms. The lowest BCUT2D eigenvalue weighted by Gasteiger charge is -2.11. The highest BCUT2D eigenvalue weighted by Crippen LogP contribution is 2.29. The van der Waals surface area contributed by atoms with Crippen LogP contribution in [0.5, 0.6) is 11.5 Å². The molecular weight excluding hydrogens is 338 g/mol. The van der Waals surface area contributed by atoms with E-state index in [0.717, 1.165) is 0 Å². The number of aryl methyl sites for hydroxylation is 1. The molecule has 1 N–H and O–H groups in total. The van der Waals surface area contributed by atoms with Crippen molar-refractivity contribution in [2.75, 3.05) is 18.5 Å². The van der Waals surface area contributed by atoms with Crippen LogP contribution < -0.4 is 14.8 Å². The molecule has 0 atom stereocenters. The van der Waals surface area contributed by atoms with Gasteiger partial charge in [-0.2, -0.15) is 5.10 Å². The van der Waals surface area contributed by atoms with Gasteiger partial charge in [0, 0.05) is 18.8 Å². The van der Waals surface area contributed by atoms with Crippen LogP contribution in [0.1, 0.15) is 24.2 Å². The standard InChI is InChI=1S/C17H19N5O4/c1-4-24-13-7-6-11(10-14(13)25-5-2)15(23)19-17-21-20-16(26-17)12-8-9-18-22(12)3/h6-10H,4-5H2,1-3H3,(H,19,21,23). The first-order chi connectivity index (χ1) is 12.6. The number of nitrogens with one attached hydrogen (secondary N) is 1. The summed E-state index contributed by atoms with van der Waals surface area (Å²) in [6.45, 7) is 4.71. The Labute approximate surface area is 149 Å². The number of carbonyl (C=O) groups excluding carboxylic acids is 1. The van der Waals surface area contributed by atoms with Crippen LogP contribution in [0.15, 0.2) is 34.9 Å². The number of anilines is 1. The molecule has 0 spiro atoms. The summed E-state index contributed by atoms with van der Waals surface area (Å²) in [5.74, 6) is 0.960. The Hall–Kier alpha value is -3.36. The van der Waals surface area contributed by atoms with Crippen molar-refractivity contribution in [2.24, 2.45) is 7.05 Å². The second-order valence-corrected chi connectivity index (χ2v) is 5.23. The van der Waals surface area contributed by atoms with E-state index in [1.54, 1.807) is 42.2 Å². The summed E-state index contributed by atoms with van der Waals surface area (Å²) in [6.07, 6.45) is 1.62. The van der Waals surface area contributed by atoms with E-state index in [4.69, 9.17) is 13.9 Å². The maximum atomic E-state index is 12.4. The van der Waals surface area contributed by atoms with Crippen molar-refractivity contribution in [1.82, 2.24) is 20.0 Å². The van der Waals surface area contributed by atoms with E-state index in [1.165, 1.54) is 0 Å². The first-order valence-electron chi connectivity index (χ1n) is 8.15. The lowest BCUT2D eigenvalue weighted by Crippen LogP contribution is -2.12. The molecule has 9 nitrogen and oxygen atoms in total. The zero-order valence-electron chi connectivity index (χ0n) is 14.7. The molecule has 0 radical (unpaired) electrons. The molecule has 1 aromatic carbocycles. The molecule has 0 fully saturated rings. The molecule has 1 amide bonds. The van der Waals surface area contributed by atoms with Crippen LogP contribution in [0.3, 0.4) is 0 Å². The summed E-state index contributed by atoms with van der Waals surface area (Å²) in [4.78, 5) is 12.4. The van der Waals surface area contributed by atoms with Gasteiger partial charge in [-0.1, -0.05) is 5.10 Å². The number of ether oxygens (including phenoxy) is 2. The van der Waals surface area contributed by atoms with Gasteiger partial charge in [0.1, 0.15) is 5.69 Å². The van der Waals surface area contributed by atoms with Gasteiger partial charge in [-0.15, -0.1) is 5.10 Å². The van der Waals surface area contributed by atoms with Gasteiger partial charge in [0.25, 0.3) is 11.8 Å². The number of hydrogen-bond donors (Lipinski definition) is 1. The maximum absolute atomic E-state index is 12.4. The SMILES string of the molecule is CCOc1ccc(C(=O)Nc2nnc(-c3ccnn3C)o2)cc1OCC. The third kappa shape index (κ3) is 3.66. The Morgan fingerprint density at radius 2 is 1.92 bits per heavy atom. The molecule has 0 aliphatic rings. The zero-order chi connectivity index (χ0) is 18.5. The Balaban J connectivity index is 1.77. The van der Waals surface area contributed by atoms with Gasteiger partial charge in [0.2, 0.25) is 0 Å². The molecule has 9 heteroatoms. The first-order valence-corrected chi connectivity index (χ1v) is 8.15. The van der Waals surface area contributed by atoms with E-state index in [-0.39, 0.29) is 11.9 Å². The van der Waals surface area contributed by atoms with Crippen LogP contribution >= 0.6 is 0 Å². The minimum Gasteiger partial charge on any atom is -0.490 e. The summed E-state index contributed by atoms with van der Waals surface area (Å²) in [5.41, 5.74) is 1.04. The van der Waals surface area contributed by atoms with Gasteiger partial charge in [0.05, 0.1) is 13.2 Å². The largest absolute Gasteiger partial charge is 0.490 e. The normalized spacial score (nSPS) is 10.6. The van der Waals surface area contributed by atoms with E-state index >= 15 is 0 Å². The van der Waals surface area contributed by atoms with E-state index < -0.39 is 5.91 Å². The first kappa shape index (κ1) is 17.5. The van der Waals surface area contributed by atoms with Gasteiger partial charge < -0.3 is 13.9 Å². The molecule has 0 aliphatic carbocycles. The number of amides is 1. The summed E-state index contributed by atoms with van der Waals surface area (Å²) in [7, 11) is 1.76. The summed E-state index contributed by atoms with van der Waals surface area (Å²) in [5, 5.41) is 14.4. The van der Waals surface area contributed by atoms with Gasteiger partial charge >= 0.3 is 6.01 Å². The van der Waals surface area contributed by atoms with Crippen LogP contribution in [-0.4, -0.2) is 39.1 Å². The molecule has 2 heterocycles. The van der Waals surface area contributed by atoms with Crippen LogP contribution in [0.25, 0.3) is 11.6 Å². The second kappa shape index (κ2) is 7.68. The summed E-state index contributed by atoms with van der Waals surface area (Å²) in [6, 6.07) is 6.68. The van der Waals surface area contributed by atoms with Crippen molar-refractivity contribution in [2.45, 2.75) is 13.8 Å². The molecule has 136 valence electrons. The molecule has 26 heavy (non-hydrogen) atoms. The van der Waals surface area contributed by atoms with Crippen LogP contribution in [0, 0.1) is 0 Å². The van der Waals surface area contributed by atoms with E-state index in [0.29, 0.717) is 36.0 Å². The third-order valence-corrected chi connectivity index (χ3v) is 3.49. The fraction of sp³-hybridized carbons (Fsp3) is 0.294. The maximum Gasteiger partial charge on any atom is 0.322 e. The Bertz CT molecular complexity index is 902. The predicted octanol–water partition coefficient (Wildman–Crippen LogP) is 2.52. The lowest BCUT2D eigenvalue weighted by molar-refractivity contribution is 0.102. The van der Waals surface area contributed by atoms with Crippen molar-refractivity contribution in [1.29, 1.82) is 0 Å². The van der Waals surface area contributed by atoms with Crippen molar-refractivity contribution < 1.29 is 18.7 Å². The second-order valence-electron chi connectivity index (χ2n) is 5.23. The minimum atomic E-state index is -0.394. The number of rotatable bonds is 7. The van der Waals surface area contributed by atoms with Crippen molar-refractivity contribution in [3.8, 4) is 23.1 Å². The van der Waals surface area contributed by atoms with Gasteiger partial charge in [-0.3, -0.25) is 14.8 Å². The molecule has 0 saturated carbocycles. The lowest BCUT2D eigenvalue weighted by atomic mass is 10.2. The van der Waals surface area contributed by atoms with Gasteiger partial charge in [0.15, 0.2) is 11.5 Å². The molecule has 2 aromatic heterocycles. The van der Waals surface area contributed by atoms with Crippen molar-refractivity contribution in [3.05, 3.63) is 36.0 Å². The molecule has 0 aliphatic heterocycles. The Kier molecular flexibility index (Phi) is 5.16. The van der Waals surface area contributed by atoms with Crippen molar-refractivity contribution in [3.63, 3.8) is 0 Å². The third-order valence-electron chi connectivity index (χ3n) is 3.49. The van der Waals surface area contributed by atoms with E-state index in [1.807, 2.05) is 13.8 Å². The number of hydrogen-bond acceptors (Lipinski definition) is 7. The quantitative estimate of drug-likeness (QED) is 0.693. The molecule has 3 rings (SSSR count). The topological polar surface area (TPSA) is 104 Å². The Morgan fingerprint density at radius 3 is 2.62 bits per heavy atom. The average Bonchev–Trinajstić information content (AvgIpc) is 3.25. The smallest absolute Gasteiger partial charge is 0.322 e. The predicted molar refractivity (Wildman–Crippen MR) is 93.2 cm³/mol. The average molecular weight is 357 g/mol. The van der Waals surface area contributed by atoms with Gasteiger partial charge in [-0.25, -0.2) is 0 Å². The van der Waals surface area contributed by atoms with Crippen LogP contribution in [0.4, 0.5) is 6.01 Å². The van der Waals surface area contributed by atoms with Crippen LogP contribution in [0.2, 0.25) is 0 Å². The molecule has 0 saturated heterocycles. The highest BCUT2D eigenvalue weighted by molar-refractivity contribution is 6.03. The molecule has 0 unspecified atom stereocenters. The highest BCUT2D eigenvalue weighted by Gasteiger charge is 2.16. The Morgan fingerprint density at radius 1 is 1.15 bits per heavy atom.